The summed E-state index contributed by atoms with van der Waals surface area (Å²) < 4.78 is 10.4. The molecular weight excluding hydrogens is 256 g/mol. The number of amides is 1. The van der Waals surface area contributed by atoms with Gasteiger partial charge in [-0.25, -0.2) is 0 Å². The second-order valence-electron chi connectivity index (χ2n) is 5.10. The van der Waals surface area contributed by atoms with E-state index in [9.17, 15) is 4.79 Å². The maximum absolute atomic E-state index is 12.3. The van der Waals surface area contributed by atoms with Gasteiger partial charge >= 0.3 is 0 Å². The van der Waals surface area contributed by atoms with Crippen LogP contribution in [-0.2, 0) is 0 Å². The van der Waals surface area contributed by atoms with Gasteiger partial charge in [0.05, 0.1) is 19.8 Å². The zero-order valence-electron chi connectivity index (χ0n) is 12.1. The van der Waals surface area contributed by atoms with Crippen LogP contribution in [0.25, 0.3) is 0 Å². The van der Waals surface area contributed by atoms with E-state index in [4.69, 9.17) is 15.2 Å². The number of methoxy groups -OCH3 is 2. The topological polar surface area (TPSA) is 73.6 Å². The highest BCUT2D eigenvalue weighted by Crippen LogP contribution is 2.32. The molecule has 5 heteroatoms. The molecule has 1 aliphatic carbocycles. The van der Waals surface area contributed by atoms with Crippen molar-refractivity contribution >= 4 is 11.6 Å². The first kappa shape index (κ1) is 14.5. The zero-order chi connectivity index (χ0) is 14.5. The first-order chi connectivity index (χ1) is 9.65. The van der Waals surface area contributed by atoms with Crippen LogP contribution in [0.2, 0.25) is 0 Å². The molecule has 1 aromatic rings. The number of hydrogen-bond donors (Lipinski definition) is 2. The Balaban J connectivity index is 2.16. The van der Waals surface area contributed by atoms with Crippen LogP contribution < -0.4 is 20.5 Å². The average Bonchev–Trinajstić information content (AvgIpc) is 2.47. The smallest absolute Gasteiger partial charge is 0.253 e. The van der Waals surface area contributed by atoms with E-state index in [1.54, 1.807) is 19.2 Å². The SMILES string of the molecule is COc1cc(N)c(C(=O)NC2CCCCC2)cc1OC. The van der Waals surface area contributed by atoms with Gasteiger partial charge < -0.3 is 20.5 Å². The molecule has 0 spiro atoms. The van der Waals surface area contributed by atoms with Crippen LogP contribution >= 0.6 is 0 Å². The van der Waals surface area contributed by atoms with Gasteiger partial charge in [-0.05, 0) is 18.9 Å². The van der Waals surface area contributed by atoms with Crippen molar-refractivity contribution in [1.29, 1.82) is 0 Å². The highest BCUT2D eigenvalue weighted by atomic mass is 16.5. The number of nitrogens with two attached hydrogens (primary N) is 1. The van der Waals surface area contributed by atoms with Gasteiger partial charge in [0.1, 0.15) is 0 Å². The van der Waals surface area contributed by atoms with E-state index in [2.05, 4.69) is 5.32 Å². The molecule has 1 amide bonds. The largest absolute Gasteiger partial charge is 0.493 e. The van der Waals surface area contributed by atoms with E-state index >= 15 is 0 Å². The first-order valence-electron chi connectivity index (χ1n) is 6.98. The number of ether oxygens (including phenoxy) is 2. The lowest BCUT2D eigenvalue weighted by Crippen LogP contribution is -2.36. The fraction of sp³-hybridized carbons (Fsp3) is 0.533. The van der Waals surface area contributed by atoms with Crippen LogP contribution in [0.5, 0.6) is 11.5 Å². The van der Waals surface area contributed by atoms with Crippen molar-refractivity contribution in [2.75, 3.05) is 20.0 Å². The van der Waals surface area contributed by atoms with Crippen LogP contribution in [0, 0.1) is 0 Å². The molecular formula is C15H22N2O3. The van der Waals surface area contributed by atoms with Crippen molar-refractivity contribution in [3.05, 3.63) is 17.7 Å². The quantitative estimate of drug-likeness (QED) is 0.829. The number of benzene rings is 1. The highest BCUT2D eigenvalue weighted by molar-refractivity contribution is 6.00. The number of anilines is 1. The Hall–Kier alpha value is -1.91. The summed E-state index contributed by atoms with van der Waals surface area (Å²) in [5.74, 6) is 0.894. The molecule has 2 rings (SSSR count). The summed E-state index contributed by atoms with van der Waals surface area (Å²) in [5, 5.41) is 3.05. The maximum Gasteiger partial charge on any atom is 0.253 e. The molecule has 0 unspecified atom stereocenters. The van der Waals surface area contributed by atoms with Crippen LogP contribution in [-0.4, -0.2) is 26.2 Å². The Morgan fingerprint density at radius 1 is 1.15 bits per heavy atom. The summed E-state index contributed by atoms with van der Waals surface area (Å²) in [6, 6.07) is 3.50. The maximum atomic E-state index is 12.3. The van der Waals surface area contributed by atoms with Crippen molar-refractivity contribution in [3.63, 3.8) is 0 Å². The van der Waals surface area contributed by atoms with Gasteiger partial charge in [-0.2, -0.15) is 0 Å². The fourth-order valence-electron chi connectivity index (χ4n) is 2.60. The van der Waals surface area contributed by atoms with Crippen LogP contribution in [0.4, 0.5) is 5.69 Å². The van der Waals surface area contributed by atoms with Crippen molar-refractivity contribution in [3.8, 4) is 11.5 Å². The van der Waals surface area contributed by atoms with Gasteiger partial charge in [0.25, 0.3) is 5.91 Å². The molecule has 0 aliphatic heterocycles. The summed E-state index contributed by atoms with van der Waals surface area (Å²) in [5.41, 5.74) is 6.77. The molecule has 1 saturated carbocycles. The van der Waals surface area contributed by atoms with Gasteiger partial charge in [0.15, 0.2) is 11.5 Å². The molecule has 20 heavy (non-hydrogen) atoms. The minimum absolute atomic E-state index is 0.143. The van der Waals surface area contributed by atoms with Gasteiger partial charge in [0.2, 0.25) is 0 Å². The Kier molecular flexibility index (Phi) is 4.71. The highest BCUT2D eigenvalue weighted by Gasteiger charge is 2.20. The molecule has 1 fully saturated rings. The Labute approximate surface area is 119 Å². The molecule has 0 saturated heterocycles. The Morgan fingerprint density at radius 2 is 1.75 bits per heavy atom. The Bertz CT molecular complexity index is 482. The summed E-state index contributed by atoms with van der Waals surface area (Å²) in [7, 11) is 3.08. The van der Waals surface area contributed by atoms with Gasteiger partial charge in [0, 0.05) is 17.8 Å². The molecule has 0 heterocycles. The third-order valence-corrected chi connectivity index (χ3v) is 3.74. The second-order valence-corrected chi connectivity index (χ2v) is 5.10. The lowest BCUT2D eigenvalue weighted by Gasteiger charge is -2.23. The molecule has 0 atom stereocenters. The van der Waals surface area contributed by atoms with E-state index in [1.807, 2.05) is 0 Å². The molecule has 110 valence electrons. The zero-order valence-corrected chi connectivity index (χ0v) is 12.1. The molecule has 1 aromatic carbocycles. The average molecular weight is 278 g/mol. The lowest BCUT2D eigenvalue weighted by atomic mass is 9.95. The molecule has 0 bridgehead atoms. The third-order valence-electron chi connectivity index (χ3n) is 3.74. The summed E-state index contributed by atoms with van der Waals surface area (Å²) in [4.78, 5) is 12.3. The third kappa shape index (κ3) is 3.15. The van der Waals surface area contributed by atoms with Crippen molar-refractivity contribution < 1.29 is 14.3 Å². The number of nitrogen functional groups attached to an aromatic ring is 1. The number of rotatable bonds is 4. The van der Waals surface area contributed by atoms with Crippen molar-refractivity contribution in [2.45, 2.75) is 38.1 Å². The normalized spacial score (nSPS) is 15.7. The van der Waals surface area contributed by atoms with E-state index in [1.165, 1.54) is 26.4 Å². The molecule has 3 N–H and O–H groups in total. The van der Waals surface area contributed by atoms with Crippen LogP contribution in [0.3, 0.4) is 0 Å². The molecule has 5 nitrogen and oxygen atoms in total. The predicted molar refractivity (Wildman–Crippen MR) is 78.3 cm³/mol. The summed E-state index contributed by atoms with van der Waals surface area (Å²) in [6.45, 7) is 0. The predicted octanol–water partition coefficient (Wildman–Crippen LogP) is 2.35. The molecule has 1 aliphatic rings. The van der Waals surface area contributed by atoms with Gasteiger partial charge in [-0.15, -0.1) is 0 Å². The van der Waals surface area contributed by atoms with Gasteiger partial charge in [-0.3, -0.25) is 4.79 Å². The van der Waals surface area contributed by atoms with E-state index < -0.39 is 0 Å². The number of carbonyl (C=O) groups is 1. The Morgan fingerprint density at radius 3 is 2.35 bits per heavy atom. The van der Waals surface area contributed by atoms with Crippen molar-refractivity contribution in [2.24, 2.45) is 0 Å². The minimum Gasteiger partial charge on any atom is -0.493 e. The molecule has 0 aromatic heterocycles. The molecule has 0 radical (unpaired) electrons. The van der Waals surface area contributed by atoms with E-state index in [0.717, 1.165) is 12.8 Å². The number of nitrogens with one attached hydrogen (secondary N) is 1. The first-order valence-corrected chi connectivity index (χ1v) is 6.98. The minimum atomic E-state index is -0.143. The van der Waals surface area contributed by atoms with E-state index in [0.29, 0.717) is 22.7 Å². The summed E-state index contributed by atoms with van der Waals surface area (Å²) >= 11 is 0. The number of hydrogen-bond acceptors (Lipinski definition) is 4. The van der Waals surface area contributed by atoms with Gasteiger partial charge in [-0.1, -0.05) is 19.3 Å². The summed E-state index contributed by atoms with van der Waals surface area (Å²) in [6.07, 6.45) is 5.68. The lowest BCUT2D eigenvalue weighted by molar-refractivity contribution is 0.0928. The van der Waals surface area contributed by atoms with Crippen LogP contribution in [0.1, 0.15) is 42.5 Å². The standard InChI is InChI=1S/C15H22N2O3/c1-19-13-8-11(12(16)9-14(13)20-2)15(18)17-10-6-4-3-5-7-10/h8-10H,3-7,16H2,1-2H3,(H,17,18). The van der Waals surface area contributed by atoms with Crippen LogP contribution in [0.15, 0.2) is 12.1 Å². The fourth-order valence-corrected chi connectivity index (χ4v) is 2.60. The monoisotopic (exact) mass is 278 g/mol. The van der Waals surface area contributed by atoms with E-state index in [-0.39, 0.29) is 11.9 Å². The second kappa shape index (κ2) is 6.50. The van der Waals surface area contributed by atoms with Crippen molar-refractivity contribution in [1.82, 2.24) is 5.32 Å². The number of carbonyl (C=O) groups excluding carboxylic acids is 1.